The Morgan fingerprint density at radius 1 is 1.22 bits per heavy atom. The molecule has 1 amide bonds. The molecule has 0 aliphatic carbocycles. The van der Waals surface area contributed by atoms with Crippen molar-refractivity contribution in [3.05, 3.63) is 47.4 Å². The van der Waals surface area contributed by atoms with Crippen LogP contribution in [-0.4, -0.2) is 36.3 Å². The van der Waals surface area contributed by atoms with Crippen LogP contribution >= 0.6 is 0 Å². The summed E-state index contributed by atoms with van der Waals surface area (Å²) in [6.07, 6.45) is 3.17. The molecule has 0 bridgehead atoms. The second kappa shape index (κ2) is 6.39. The van der Waals surface area contributed by atoms with Crippen LogP contribution in [0.2, 0.25) is 0 Å². The van der Waals surface area contributed by atoms with E-state index in [0.717, 1.165) is 29.8 Å². The number of hydrogen-bond donors (Lipinski definition) is 2. The van der Waals surface area contributed by atoms with Gasteiger partial charge in [-0.25, -0.2) is 4.68 Å². The molecule has 2 heterocycles. The van der Waals surface area contributed by atoms with Crippen LogP contribution in [0.15, 0.2) is 30.6 Å². The Hall–Kier alpha value is -3.03. The fourth-order valence-corrected chi connectivity index (χ4v) is 2.40. The largest absolute Gasteiger partial charge is 0.305 e. The number of aromatic amines is 1. The minimum absolute atomic E-state index is 0.197. The Kier molecular flexibility index (Phi) is 4.13. The van der Waals surface area contributed by atoms with Crippen molar-refractivity contribution in [1.29, 1.82) is 0 Å². The van der Waals surface area contributed by atoms with Gasteiger partial charge in [0.25, 0.3) is 5.91 Å². The van der Waals surface area contributed by atoms with Crippen molar-refractivity contribution >= 4 is 11.7 Å². The molecule has 3 rings (SSSR count). The molecule has 2 N–H and O–H groups in total. The van der Waals surface area contributed by atoms with Crippen molar-refractivity contribution in [2.45, 2.75) is 26.7 Å². The van der Waals surface area contributed by atoms with E-state index < -0.39 is 0 Å². The van der Waals surface area contributed by atoms with Crippen molar-refractivity contribution in [3.8, 4) is 5.69 Å². The second-order valence-electron chi connectivity index (χ2n) is 4.99. The van der Waals surface area contributed by atoms with Crippen LogP contribution in [0, 0.1) is 0 Å². The number of hydrogen-bond acceptors (Lipinski definition) is 5. The monoisotopic (exact) mass is 311 g/mol. The van der Waals surface area contributed by atoms with Gasteiger partial charge >= 0.3 is 0 Å². The topological polar surface area (TPSA) is 101 Å². The molecular weight excluding hydrogens is 294 g/mol. The lowest BCUT2D eigenvalue weighted by atomic mass is 10.1. The van der Waals surface area contributed by atoms with Gasteiger partial charge in [-0.3, -0.25) is 9.89 Å². The first-order valence-corrected chi connectivity index (χ1v) is 7.43. The predicted octanol–water partition coefficient (Wildman–Crippen LogP) is 1.76. The number of anilines is 1. The molecule has 8 nitrogen and oxygen atoms in total. The summed E-state index contributed by atoms with van der Waals surface area (Å²) >= 11 is 0. The molecule has 0 aliphatic rings. The number of nitrogens with zero attached hydrogens (tertiary/aromatic N) is 5. The molecule has 0 radical (unpaired) electrons. The molecule has 0 fully saturated rings. The summed E-state index contributed by atoms with van der Waals surface area (Å²) < 4.78 is 1.53. The molecule has 0 atom stereocenters. The number of aromatic nitrogens is 6. The van der Waals surface area contributed by atoms with Gasteiger partial charge in [0.05, 0.1) is 5.69 Å². The molecule has 8 heteroatoms. The number of rotatable bonds is 5. The number of aryl methyl sites for hydroxylation is 1. The third-order valence-electron chi connectivity index (χ3n) is 3.63. The molecular formula is C15H17N7O. The zero-order valence-corrected chi connectivity index (χ0v) is 12.9. The second-order valence-corrected chi connectivity index (χ2v) is 4.99. The number of carbonyl (C=O) groups is 1. The molecule has 0 saturated carbocycles. The van der Waals surface area contributed by atoms with Crippen LogP contribution in [0.1, 0.15) is 35.5 Å². The van der Waals surface area contributed by atoms with Crippen molar-refractivity contribution in [3.63, 3.8) is 0 Å². The molecule has 1 aromatic carbocycles. The van der Waals surface area contributed by atoms with Gasteiger partial charge in [0, 0.05) is 16.8 Å². The Morgan fingerprint density at radius 3 is 2.61 bits per heavy atom. The lowest BCUT2D eigenvalue weighted by molar-refractivity contribution is 0.102. The van der Waals surface area contributed by atoms with E-state index in [0.29, 0.717) is 11.4 Å². The van der Waals surface area contributed by atoms with E-state index in [2.05, 4.69) is 38.0 Å². The van der Waals surface area contributed by atoms with Crippen molar-refractivity contribution < 1.29 is 4.79 Å². The molecule has 0 aliphatic heterocycles. The molecule has 0 unspecified atom stereocenters. The zero-order chi connectivity index (χ0) is 16.2. The van der Waals surface area contributed by atoms with Crippen molar-refractivity contribution in [2.75, 3.05) is 5.32 Å². The summed E-state index contributed by atoms with van der Waals surface area (Å²) in [5.41, 5.74) is 3.43. The van der Waals surface area contributed by atoms with Gasteiger partial charge in [-0.2, -0.15) is 5.10 Å². The van der Waals surface area contributed by atoms with Crippen molar-refractivity contribution in [1.82, 2.24) is 30.4 Å². The SMILES string of the molecule is CCc1[nH]nc(NC(=O)c2ccc(-n3cnnn3)cc2)c1CC. The third-order valence-corrected chi connectivity index (χ3v) is 3.63. The quantitative estimate of drug-likeness (QED) is 0.747. The minimum atomic E-state index is -0.197. The first-order valence-electron chi connectivity index (χ1n) is 7.43. The van der Waals surface area contributed by atoms with Crippen LogP contribution < -0.4 is 5.32 Å². The van der Waals surface area contributed by atoms with E-state index in [4.69, 9.17) is 0 Å². The lowest BCUT2D eigenvalue weighted by Gasteiger charge is -2.06. The lowest BCUT2D eigenvalue weighted by Crippen LogP contribution is -2.13. The number of amides is 1. The average Bonchev–Trinajstić information content (AvgIpc) is 3.24. The van der Waals surface area contributed by atoms with Gasteiger partial charge in [0.1, 0.15) is 6.33 Å². The minimum Gasteiger partial charge on any atom is -0.305 e. The molecule has 0 spiro atoms. The van der Waals surface area contributed by atoms with E-state index >= 15 is 0 Å². The Balaban J connectivity index is 1.77. The highest BCUT2D eigenvalue weighted by molar-refractivity contribution is 6.04. The summed E-state index contributed by atoms with van der Waals surface area (Å²) in [6.45, 7) is 4.09. The summed E-state index contributed by atoms with van der Waals surface area (Å²) in [7, 11) is 0. The normalized spacial score (nSPS) is 10.7. The highest BCUT2D eigenvalue weighted by Gasteiger charge is 2.14. The summed E-state index contributed by atoms with van der Waals surface area (Å²) in [4.78, 5) is 12.4. The maximum atomic E-state index is 12.4. The standard InChI is InChI=1S/C15H17N7O/c1-3-12-13(4-2)18-19-14(12)17-15(23)10-5-7-11(8-6-10)22-9-16-20-21-22/h5-9H,3-4H2,1-2H3,(H2,17,18,19,23). The average molecular weight is 311 g/mol. The van der Waals surface area contributed by atoms with Crippen LogP contribution in [0.25, 0.3) is 5.69 Å². The van der Waals surface area contributed by atoms with Crippen molar-refractivity contribution in [2.24, 2.45) is 0 Å². The first-order chi connectivity index (χ1) is 11.2. The van der Waals surface area contributed by atoms with Gasteiger partial charge in [-0.05, 0) is 47.5 Å². The number of tetrazole rings is 1. The maximum absolute atomic E-state index is 12.4. The Labute approximate surface area is 132 Å². The molecule has 118 valence electrons. The number of carbonyl (C=O) groups excluding carboxylic acids is 1. The molecule has 23 heavy (non-hydrogen) atoms. The number of benzene rings is 1. The van der Waals surface area contributed by atoms with Gasteiger partial charge in [-0.15, -0.1) is 5.10 Å². The summed E-state index contributed by atoms with van der Waals surface area (Å²) in [5.74, 6) is 0.399. The van der Waals surface area contributed by atoms with E-state index in [9.17, 15) is 4.79 Å². The van der Waals surface area contributed by atoms with E-state index in [1.165, 1.54) is 11.0 Å². The number of H-pyrrole nitrogens is 1. The molecule has 2 aromatic heterocycles. The number of nitrogens with one attached hydrogen (secondary N) is 2. The van der Waals surface area contributed by atoms with Crippen LogP contribution in [-0.2, 0) is 12.8 Å². The molecule has 3 aromatic rings. The fraction of sp³-hybridized carbons (Fsp3) is 0.267. The smallest absolute Gasteiger partial charge is 0.256 e. The van der Waals surface area contributed by atoms with Crippen LogP contribution in [0.5, 0.6) is 0 Å². The fourth-order valence-electron chi connectivity index (χ4n) is 2.40. The first kappa shape index (κ1) is 14.9. The predicted molar refractivity (Wildman–Crippen MR) is 84.5 cm³/mol. The van der Waals surface area contributed by atoms with E-state index in [1.807, 2.05) is 6.92 Å². The highest BCUT2D eigenvalue weighted by atomic mass is 16.1. The van der Waals surface area contributed by atoms with Crippen LogP contribution in [0.4, 0.5) is 5.82 Å². The van der Waals surface area contributed by atoms with Crippen LogP contribution in [0.3, 0.4) is 0 Å². The maximum Gasteiger partial charge on any atom is 0.256 e. The van der Waals surface area contributed by atoms with Gasteiger partial charge in [0.2, 0.25) is 0 Å². The van der Waals surface area contributed by atoms with Gasteiger partial charge in [-0.1, -0.05) is 13.8 Å². The van der Waals surface area contributed by atoms with Gasteiger partial charge in [0.15, 0.2) is 5.82 Å². The zero-order valence-electron chi connectivity index (χ0n) is 12.9. The van der Waals surface area contributed by atoms with E-state index in [1.54, 1.807) is 24.3 Å². The third kappa shape index (κ3) is 2.96. The highest BCUT2D eigenvalue weighted by Crippen LogP contribution is 2.19. The molecule has 0 saturated heterocycles. The summed E-state index contributed by atoms with van der Waals surface area (Å²) in [5, 5.41) is 21.0. The summed E-state index contributed by atoms with van der Waals surface area (Å²) in [6, 6.07) is 7.03. The Morgan fingerprint density at radius 2 is 2.00 bits per heavy atom. The van der Waals surface area contributed by atoms with Gasteiger partial charge < -0.3 is 5.32 Å². The van der Waals surface area contributed by atoms with E-state index in [-0.39, 0.29) is 5.91 Å². The Bertz CT molecular complexity index is 790.